The van der Waals surface area contributed by atoms with E-state index in [0.29, 0.717) is 11.8 Å². The molecular weight excluding hydrogens is 312 g/mol. The molecule has 0 atom stereocenters. The summed E-state index contributed by atoms with van der Waals surface area (Å²) >= 11 is 0. The Labute approximate surface area is 149 Å². The topological polar surface area (TPSA) is 52.8 Å². The van der Waals surface area contributed by atoms with Crippen LogP contribution in [0.5, 0.6) is 5.88 Å². The fourth-order valence-electron chi connectivity index (χ4n) is 3.11. The zero-order chi connectivity index (χ0) is 18.1. The van der Waals surface area contributed by atoms with Crippen LogP contribution in [0.4, 0.5) is 0 Å². The van der Waals surface area contributed by atoms with Gasteiger partial charge in [0.1, 0.15) is 5.52 Å². The molecule has 5 nitrogen and oxygen atoms in total. The Morgan fingerprint density at radius 2 is 1.84 bits per heavy atom. The molecular formula is C20H26N4O. The van der Waals surface area contributed by atoms with Gasteiger partial charge in [-0.1, -0.05) is 27.7 Å². The van der Waals surface area contributed by atoms with Crippen LogP contribution in [0.2, 0.25) is 0 Å². The second-order valence-electron chi connectivity index (χ2n) is 6.61. The Morgan fingerprint density at radius 1 is 1.08 bits per heavy atom. The number of hydrogen-bond donors (Lipinski definition) is 0. The van der Waals surface area contributed by atoms with E-state index in [1.807, 2.05) is 11.6 Å². The lowest BCUT2D eigenvalue weighted by molar-refractivity contribution is 0.397. The van der Waals surface area contributed by atoms with E-state index in [1.165, 1.54) is 5.56 Å². The third-order valence-electron chi connectivity index (χ3n) is 4.57. The molecule has 3 heterocycles. The van der Waals surface area contributed by atoms with Gasteiger partial charge in [0.25, 0.3) is 0 Å². The molecule has 3 aromatic rings. The highest BCUT2D eigenvalue weighted by molar-refractivity contribution is 5.80. The Kier molecular flexibility index (Phi) is 4.75. The summed E-state index contributed by atoms with van der Waals surface area (Å²) in [6.45, 7) is 8.51. The molecule has 0 aliphatic heterocycles. The number of fused-ring (bicyclic) bond motifs is 1. The molecule has 0 N–H and O–H groups in total. The minimum absolute atomic E-state index is 0.349. The van der Waals surface area contributed by atoms with Gasteiger partial charge in [0, 0.05) is 18.9 Å². The van der Waals surface area contributed by atoms with E-state index < -0.39 is 0 Å². The zero-order valence-electron chi connectivity index (χ0n) is 15.9. The average Bonchev–Trinajstić information content (AvgIpc) is 2.95. The monoisotopic (exact) mass is 338 g/mol. The van der Waals surface area contributed by atoms with Crippen molar-refractivity contribution in [3.8, 4) is 17.1 Å². The minimum Gasteiger partial charge on any atom is -0.480 e. The van der Waals surface area contributed by atoms with E-state index in [0.717, 1.165) is 46.7 Å². The standard InChI is InChI=1S/C20H26N4O/c1-7-13-11-24(5)19-17(13)21-15(8-2)18(23-19)14-9-10-16(12(3)4)22-20(14)25-6/h9-12H,7-8H2,1-6H3. The van der Waals surface area contributed by atoms with E-state index in [2.05, 4.69) is 51.0 Å². The van der Waals surface area contributed by atoms with Gasteiger partial charge in [-0.15, -0.1) is 0 Å². The van der Waals surface area contributed by atoms with Crippen molar-refractivity contribution in [1.82, 2.24) is 19.5 Å². The third-order valence-corrected chi connectivity index (χ3v) is 4.57. The average molecular weight is 338 g/mol. The fourth-order valence-corrected chi connectivity index (χ4v) is 3.11. The van der Waals surface area contributed by atoms with Crippen molar-refractivity contribution in [2.24, 2.45) is 7.05 Å². The lowest BCUT2D eigenvalue weighted by Gasteiger charge is -2.13. The number of hydrogen-bond acceptors (Lipinski definition) is 4. The van der Waals surface area contributed by atoms with Crippen LogP contribution in [0.15, 0.2) is 18.3 Å². The molecule has 0 spiro atoms. The summed E-state index contributed by atoms with van der Waals surface area (Å²) in [5.74, 6) is 0.960. The van der Waals surface area contributed by atoms with Crippen molar-refractivity contribution >= 4 is 11.2 Å². The molecule has 0 saturated carbocycles. The minimum atomic E-state index is 0.349. The number of methoxy groups -OCH3 is 1. The molecule has 25 heavy (non-hydrogen) atoms. The van der Waals surface area contributed by atoms with Crippen LogP contribution in [-0.4, -0.2) is 26.6 Å². The Hall–Kier alpha value is -2.43. The predicted molar refractivity (Wildman–Crippen MR) is 101 cm³/mol. The highest BCUT2D eigenvalue weighted by Crippen LogP contribution is 2.32. The van der Waals surface area contributed by atoms with Crippen LogP contribution in [0.1, 0.15) is 50.6 Å². The maximum atomic E-state index is 5.57. The van der Waals surface area contributed by atoms with Crippen molar-refractivity contribution in [3.63, 3.8) is 0 Å². The molecule has 0 radical (unpaired) electrons. The molecule has 0 aromatic carbocycles. The number of aryl methyl sites for hydroxylation is 3. The predicted octanol–water partition coefficient (Wildman–Crippen LogP) is 4.29. The van der Waals surface area contributed by atoms with Crippen LogP contribution in [-0.2, 0) is 19.9 Å². The van der Waals surface area contributed by atoms with E-state index >= 15 is 0 Å². The molecule has 0 aliphatic rings. The first kappa shape index (κ1) is 17.4. The summed E-state index contributed by atoms with van der Waals surface area (Å²) in [6.07, 6.45) is 3.87. The third kappa shape index (κ3) is 2.99. The molecule has 3 rings (SSSR count). The number of nitrogens with zero attached hydrogens (tertiary/aromatic N) is 4. The highest BCUT2D eigenvalue weighted by Gasteiger charge is 2.19. The summed E-state index contributed by atoms with van der Waals surface area (Å²) in [4.78, 5) is 14.5. The Balaban J connectivity index is 2.26. The summed E-state index contributed by atoms with van der Waals surface area (Å²) < 4.78 is 7.62. The summed E-state index contributed by atoms with van der Waals surface area (Å²) in [5.41, 5.74) is 6.88. The second kappa shape index (κ2) is 6.82. The molecule has 3 aromatic heterocycles. The van der Waals surface area contributed by atoms with Crippen molar-refractivity contribution in [3.05, 3.63) is 35.3 Å². The van der Waals surface area contributed by atoms with E-state index in [9.17, 15) is 0 Å². The zero-order valence-corrected chi connectivity index (χ0v) is 15.9. The molecule has 0 aliphatic carbocycles. The van der Waals surface area contributed by atoms with Crippen LogP contribution in [0, 0.1) is 0 Å². The first-order valence-corrected chi connectivity index (χ1v) is 8.90. The molecule has 5 heteroatoms. The number of rotatable bonds is 5. The van der Waals surface area contributed by atoms with E-state index in [-0.39, 0.29) is 0 Å². The van der Waals surface area contributed by atoms with Gasteiger partial charge in [0.15, 0.2) is 5.65 Å². The van der Waals surface area contributed by atoms with Crippen LogP contribution >= 0.6 is 0 Å². The lowest BCUT2D eigenvalue weighted by atomic mass is 10.1. The van der Waals surface area contributed by atoms with Crippen molar-refractivity contribution in [2.75, 3.05) is 7.11 Å². The van der Waals surface area contributed by atoms with Gasteiger partial charge >= 0.3 is 0 Å². The molecule has 0 amide bonds. The van der Waals surface area contributed by atoms with E-state index in [1.54, 1.807) is 7.11 Å². The summed E-state index contributed by atoms with van der Waals surface area (Å²) in [6, 6.07) is 4.11. The van der Waals surface area contributed by atoms with Crippen molar-refractivity contribution in [2.45, 2.75) is 46.5 Å². The van der Waals surface area contributed by atoms with Gasteiger partial charge in [-0.05, 0) is 36.5 Å². The van der Waals surface area contributed by atoms with Gasteiger partial charge in [-0.3, -0.25) is 0 Å². The van der Waals surface area contributed by atoms with Gasteiger partial charge in [0.2, 0.25) is 5.88 Å². The van der Waals surface area contributed by atoms with Crippen LogP contribution < -0.4 is 4.74 Å². The Morgan fingerprint density at radius 3 is 2.44 bits per heavy atom. The highest BCUT2D eigenvalue weighted by atomic mass is 16.5. The smallest absolute Gasteiger partial charge is 0.222 e. The van der Waals surface area contributed by atoms with Crippen molar-refractivity contribution < 1.29 is 4.74 Å². The summed E-state index contributed by atoms with van der Waals surface area (Å²) in [5, 5.41) is 0. The number of pyridine rings is 1. The first-order valence-electron chi connectivity index (χ1n) is 8.90. The van der Waals surface area contributed by atoms with Gasteiger partial charge in [-0.25, -0.2) is 15.0 Å². The first-order chi connectivity index (χ1) is 12.0. The van der Waals surface area contributed by atoms with Gasteiger partial charge in [-0.2, -0.15) is 0 Å². The molecule has 132 valence electrons. The molecule has 0 unspecified atom stereocenters. The SMILES string of the molecule is CCc1nc2c(CC)cn(C)c2nc1-c1ccc(C(C)C)nc1OC. The maximum Gasteiger partial charge on any atom is 0.222 e. The normalized spacial score (nSPS) is 11.5. The number of ether oxygens (including phenoxy) is 1. The molecule has 0 saturated heterocycles. The molecule has 0 fully saturated rings. The second-order valence-corrected chi connectivity index (χ2v) is 6.61. The summed E-state index contributed by atoms with van der Waals surface area (Å²) in [7, 11) is 3.67. The van der Waals surface area contributed by atoms with Gasteiger partial charge in [0.05, 0.1) is 24.1 Å². The largest absolute Gasteiger partial charge is 0.480 e. The lowest BCUT2D eigenvalue weighted by Crippen LogP contribution is -2.03. The van der Waals surface area contributed by atoms with Crippen molar-refractivity contribution in [1.29, 1.82) is 0 Å². The fraction of sp³-hybridized carbons (Fsp3) is 0.450. The molecule has 0 bridgehead atoms. The maximum absolute atomic E-state index is 5.57. The van der Waals surface area contributed by atoms with Gasteiger partial charge < -0.3 is 9.30 Å². The van der Waals surface area contributed by atoms with Crippen LogP contribution in [0.25, 0.3) is 22.4 Å². The van der Waals surface area contributed by atoms with Crippen LogP contribution in [0.3, 0.4) is 0 Å². The number of aromatic nitrogens is 4. The quantitative estimate of drug-likeness (QED) is 0.696. The Bertz CT molecular complexity index is 912. The van der Waals surface area contributed by atoms with E-state index in [4.69, 9.17) is 14.7 Å².